The van der Waals surface area contributed by atoms with Gasteiger partial charge in [-0.1, -0.05) is 84.9 Å². The largest absolute Gasteiger partial charge is 1.00 e. The average molecular weight is 415 g/mol. The summed E-state index contributed by atoms with van der Waals surface area (Å²) in [6.07, 6.45) is 0. The number of hydrogen-bond donors (Lipinski definition) is 0. The van der Waals surface area contributed by atoms with Crippen LogP contribution in [-0.2, 0) is 0 Å². The van der Waals surface area contributed by atoms with Gasteiger partial charge < -0.3 is 14.2 Å². The fourth-order valence-electron chi connectivity index (χ4n) is 3.61. The molecule has 0 aliphatic heterocycles. The molecule has 0 amide bonds. The van der Waals surface area contributed by atoms with E-state index in [1.165, 1.54) is 0 Å². The van der Waals surface area contributed by atoms with Crippen molar-refractivity contribution in [2.75, 3.05) is 0 Å². The molecule has 0 fully saturated rings. The van der Waals surface area contributed by atoms with Crippen LogP contribution in [0.4, 0.5) is 0 Å². The molecule has 6 heteroatoms. The molecule has 5 nitrogen and oxygen atoms in total. The van der Waals surface area contributed by atoms with Crippen molar-refractivity contribution < 1.29 is 38.8 Å². The second-order valence-corrected chi connectivity index (χ2v) is 6.84. The molecule has 2 aromatic heterocycles. The van der Waals surface area contributed by atoms with Crippen molar-refractivity contribution >= 4 is 27.7 Å². The maximum Gasteiger partial charge on any atom is 1.00 e. The number of carbonyl (C=O) groups excluding carboxylic acids is 1. The third-order valence-electron chi connectivity index (χ3n) is 5.02. The van der Waals surface area contributed by atoms with Gasteiger partial charge in [-0.2, -0.15) is 0 Å². The van der Waals surface area contributed by atoms with Crippen LogP contribution >= 0.6 is 0 Å². The SMILES string of the molecule is O=C(c1ccccc1)c1c(-c2ccccc2)oc2[n-]c(=O)c3ccccc3c2c1=O.[Na+]. The summed E-state index contributed by atoms with van der Waals surface area (Å²) < 4.78 is 5.96. The van der Waals surface area contributed by atoms with Gasteiger partial charge in [0.1, 0.15) is 11.3 Å². The van der Waals surface area contributed by atoms with E-state index in [4.69, 9.17) is 4.42 Å². The third-order valence-corrected chi connectivity index (χ3v) is 5.02. The van der Waals surface area contributed by atoms with Crippen LogP contribution in [0.3, 0.4) is 0 Å². The summed E-state index contributed by atoms with van der Waals surface area (Å²) in [5.41, 5.74) is -0.218. The minimum absolute atomic E-state index is 0. The third kappa shape index (κ3) is 3.57. The zero-order valence-corrected chi connectivity index (χ0v) is 18.7. The molecule has 0 bridgehead atoms. The first kappa shape index (κ1) is 21.0. The van der Waals surface area contributed by atoms with E-state index in [2.05, 4.69) is 4.98 Å². The van der Waals surface area contributed by atoms with Gasteiger partial charge in [0.25, 0.3) is 0 Å². The molecule has 0 saturated carbocycles. The van der Waals surface area contributed by atoms with Gasteiger partial charge in [-0.3, -0.25) is 9.59 Å². The van der Waals surface area contributed by atoms with Crippen LogP contribution in [0.25, 0.3) is 33.2 Å². The van der Waals surface area contributed by atoms with Gasteiger partial charge in [-0.15, -0.1) is 0 Å². The number of fused-ring (bicyclic) bond motifs is 3. The molecule has 0 aliphatic rings. The number of carbonyl (C=O) groups is 1. The first-order valence-corrected chi connectivity index (χ1v) is 9.37. The van der Waals surface area contributed by atoms with Crippen molar-refractivity contribution in [2.45, 2.75) is 0 Å². The molecular weight excluding hydrogens is 401 g/mol. The minimum atomic E-state index is -0.507. The zero-order chi connectivity index (χ0) is 20.7. The normalized spacial score (nSPS) is 10.7. The van der Waals surface area contributed by atoms with Gasteiger partial charge in [-0.05, 0) is 5.39 Å². The Morgan fingerprint density at radius 1 is 0.742 bits per heavy atom. The first-order chi connectivity index (χ1) is 14.6. The molecule has 5 aromatic rings. The van der Waals surface area contributed by atoms with E-state index in [1.807, 2.05) is 6.07 Å². The van der Waals surface area contributed by atoms with Crippen molar-refractivity contribution in [2.24, 2.45) is 0 Å². The topological polar surface area (TPSA) is 78.5 Å². The van der Waals surface area contributed by atoms with Crippen molar-refractivity contribution in [3.8, 4) is 11.3 Å². The summed E-state index contributed by atoms with van der Waals surface area (Å²) in [7, 11) is 0. The molecule has 0 radical (unpaired) electrons. The van der Waals surface area contributed by atoms with Gasteiger partial charge in [0, 0.05) is 22.2 Å². The van der Waals surface area contributed by atoms with E-state index < -0.39 is 16.8 Å². The van der Waals surface area contributed by atoms with Crippen molar-refractivity contribution in [3.63, 3.8) is 0 Å². The predicted molar refractivity (Wildman–Crippen MR) is 115 cm³/mol. The Bertz CT molecular complexity index is 1540. The minimum Gasteiger partial charge on any atom is -0.591 e. The van der Waals surface area contributed by atoms with E-state index in [9.17, 15) is 14.4 Å². The maximum atomic E-state index is 13.6. The van der Waals surface area contributed by atoms with E-state index in [0.29, 0.717) is 21.9 Å². The van der Waals surface area contributed by atoms with Gasteiger partial charge >= 0.3 is 29.6 Å². The van der Waals surface area contributed by atoms with Crippen LogP contribution in [0, 0.1) is 0 Å². The molecule has 0 N–H and O–H groups in total. The van der Waals surface area contributed by atoms with Gasteiger partial charge in [-0.25, -0.2) is 0 Å². The Morgan fingerprint density at radius 3 is 2.00 bits per heavy atom. The summed E-state index contributed by atoms with van der Waals surface area (Å²) in [5.74, 6) is -0.343. The van der Waals surface area contributed by atoms with Gasteiger partial charge in [0.2, 0.25) is 11.2 Å². The van der Waals surface area contributed by atoms with Crippen molar-refractivity contribution in [1.29, 1.82) is 0 Å². The predicted octanol–water partition coefficient (Wildman–Crippen LogP) is 1.17. The van der Waals surface area contributed by atoms with Crippen LogP contribution in [0.1, 0.15) is 15.9 Å². The average Bonchev–Trinajstić information content (AvgIpc) is 2.79. The molecule has 0 aliphatic carbocycles. The molecule has 0 atom stereocenters. The van der Waals surface area contributed by atoms with Crippen LogP contribution < -0.4 is 45.5 Å². The zero-order valence-electron chi connectivity index (χ0n) is 16.7. The van der Waals surface area contributed by atoms with Crippen LogP contribution in [0.5, 0.6) is 0 Å². The van der Waals surface area contributed by atoms with Crippen molar-refractivity contribution in [3.05, 3.63) is 117 Å². The molecule has 31 heavy (non-hydrogen) atoms. The van der Waals surface area contributed by atoms with E-state index in [1.54, 1.807) is 78.9 Å². The molecule has 3 aromatic carbocycles. The Labute approximate surface area is 198 Å². The molecule has 2 heterocycles. The van der Waals surface area contributed by atoms with Crippen LogP contribution in [0.15, 0.2) is 98.9 Å². The van der Waals surface area contributed by atoms with Gasteiger partial charge in [0.15, 0.2) is 0 Å². The van der Waals surface area contributed by atoms with Crippen LogP contribution in [-0.4, -0.2) is 5.78 Å². The smallest absolute Gasteiger partial charge is 0.591 e. The molecular formula is C25H14NNaO4. The second kappa shape index (κ2) is 8.47. The standard InChI is InChI=1S/C25H15NO4.Na/c27-21(15-9-3-1-4-10-15)20-22(28)19-17-13-7-8-14-18(17)24(29)26-25(19)30-23(20)16-11-5-2-6-12-16;/h1-14H,(H,26,28,29);/q;+1/p-1. The monoisotopic (exact) mass is 415 g/mol. The Kier molecular flexibility index (Phi) is 5.74. The number of pyridine rings is 1. The van der Waals surface area contributed by atoms with E-state index in [0.717, 1.165) is 0 Å². The number of rotatable bonds is 3. The summed E-state index contributed by atoms with van der Waals surface area (Å²) in [6, 6.07) is 24.1. The number of nitrogens with zero attached hydrogens (tertiary/aromatic N) is 1. The summed E-state index contributed by atoms with van der Waals surface area (Å²) in [6.45, 7) is 0. The molecule has 0 spiro atoms. The summed E-state index contributed by atoms with van der Waals surface area (Å²) >= 11 is 0. The fraction of sp³-hybridized carbons (Fsp3) is 0. The van der Waals surface area contributed by atoms with E-state index in [-0.39, 0.29) is 52.0 Å². The number of hydrogen-bond acceptors (Lipinski definition) is 4. The summed E-state index contributed by atoms with van der Waals surface area (Å²) in [4.78, 5) is 43.4. The number of ketones is 1. The quantitative estimate of drug-likeness (QED) is 0.251. The van der Waals surface area contributed by atoms with Crippen LogP contribution in [0.2, 0.25) is 0 Å². The first-order valence-electron chi connectivity index (χ1n) is 9.37. The molecule has 0 unspecified atom stereocenters. The maximum absolute atomic E-state index is 13.6. The van der Waals surface area contributed by atoms with Crippen molar-refractivity contribution in [1.82, 2.24) is 4.98 Å². The Morgan fingerprint density at radius 2 is 1.32 bits per heavy atom. The Balaban J connectivity index is 0.00000231. The fourth-order valence-corrected chi connectivity index (χ4v) is 3.61. The van der Waals surface area contributed by atoms with E-state index >= 15 is 0 Å². The van der Waals surface area contributed by atoms with Gasteiger partial charge in [0.05, 0.1) is 10.9 Å². The molecule has 5 rings (SSSR count). The molecule has 144 valence electrons. The second-order valence-electron chi connectivity index (χ2n) is 6.84. The number of aromatic nitrogens is 1. The summed E-state index contributed by atoms with van der Waals surface area (Å²) in [5, 5.41) is 0.856. The molecule has 0 saturated heterocycles. The number of benzene rings is 3. The Hall–Kier alpha value is -3.25.